The van der Waals surface area contributed by atoms with Crippen molar-refractivity contribution in [1.82, 2.24) is 9.55 Å². The molecule has 0 atom stereocenters. The van der Waals surface area contributed by atoms with Gasteiger partial charge in [0, 0.05) is 38.8 Å². The minimum atomic E-state index is -0.970. The Hall–Kier alpha value is -2.02. The maximum Gasteiger partial charge on any atom is 0.305 e. The number of aryl methyl sites for hydroxylation is 2. The lowest BCUT2D eigenvalue weighted by molar-refractivity contribution is -0.137. The Morgan fingerprint density at radius 3 is 2.76 bits per heavy atom. The molecular weight excluding hydrogens is 282 g/mol. The molecule has 1 aromatic carbocycles. The predicted octanol–water partition coefficient (Wildman–Crippen LogP) is 2.37. The van der Waals surface area contributed by atoms with Crippen LogP contribution in [0.4, 0.5) is 8.78 Å². The highest BCUT2D eigenvalue weighted by Gasteiger charge is 2.15. The lowest BCUT2D eigenvalue weighted by Gasteiger charge is -2.07. The first-order valence-corrected chi connectivity index (χ1v) is 6.58. The summed E-state index contributed by atoms with van der Waals surface area (Å²) < 4.78 is 33.3. The van der Waals surface area contributed by atoms with E-state index < -0.39 is 17.6 Å². The second-order valence-electron chi connectivity index (χ2n) is 4.67. The van der Waals surface area contributed by atoms with Gasteiger partial charge in [-0.05, 0) is 6.42 Å². The van der Waals surface area contributed by atoms with Crippen molar-refractivity contribution in [3.05, 3.63) is 29.6 Å². The van der Waals surface area contributed by atoms with Crippen molar-refractivity contribution in [2.24, 2.45) is 0 Å². The van der Waals surface area contributed by atoms with Gasteiger partial charge in [0.05, 0.1) is 17.5 Å². The van der Waals surface area contributed by atoms with E-state index in [1.807, 2.05) is 0 Å². The molecule has 1 aromatic heterocycles. The molecule has 2 aromatic rings. The zero-order valence-corrected chi connectivity index (χ0v) is 11.6. The zero-order chi connectivity index (χ0) is 15.4. The number of rotatable bonds is 7. The predicted molar refractivity (Wildman–Crippen MR) is 72.1 cm³/mol. The number of aliphatic carboxylic acids is 1. The van der Waals surface area contributed by atoms with Crippen molar-refractivity contribution in [2.45, 2.75) is 25.8 Å². The summed E-state index contributed by atoms with van der Waals surface area (Å²) in [5, 5.41) is 8.80. The molecule has 114 valence electrons. The first-order chi connectivity index (χ1) is 10.0. The molecule has 21 heavy (non-hydrogen) atoms. The Balaban J connectivity index is 2.39. The number of fused-ring (bicyclic) bond motifs is 1. The number of hydrogen-bond donors (Lipinski definition) is 1. The van der Waals surface area contributed by atoms with Gasteiger partial charge in [-0.1, -0.05) is 0 Å². The number of carboxylic acid groups (broad SMARTS) is 1. The van der Waals surface area contributed by atoms with Crippen molar-refractivity contribution >= 4 is 17.0 Å². The van der Waals surface area contributed by atoms with E-state index in [2.05, 4.69) is 4.98 Å². The number of ether oxygens (including phenoxy) is 1. The van der Waals surface area contributed by atoms with E-state index in [0.717, 1.165) is 12.1 Å². The van der Waals surface area contributed by atoms with E-state index in [4.69, 9.17) is 9.84 Å². The van der Waals surface area contributed by atoms with Crippen molar-refractivity contribution in [1.29, 1.82) is 0 Å². The molecule has 0 aliphatic heterocycles. The molecule has 0 amide bonds. The number of hydrogen-bond acceptors (Lipinski definition) is 3. The molecule has 2 rings (SSSR count). The molecule has 0 bridgehead atoms. The lowest BCUT2D eigenvalue weighted by Crippen LogP contribution is -2.09. The van der Waals surface area contributed by atoms with Crippen LogP contribution in [0.2, 0.25) is 0 Å². The van der Waals surface area contributed by atoms with Crippen LogP contribution in [0.3, 0.4) is 0 Å². The van der Waals surface area contributed by atoms with Gasteiger partial charge in [-0.2, -0.15) is 0 Å². The van der Waals surface area contributed by atoms with Gasteiger partial charge in [-0.25, -0.2) is 13.8 Å². The average Bonchev–Trinajstić information content (AvgIpc) is 2.74. The largest absolute Gasteiger partial charge is 0.481 e. The van der Waals surface area contributed by atoms with Crippen LogP contribution < -0.4 is 0 Å². The Morgan fingerprint density at radius 1 is 1.38 bits per heavy atom. The van der Waals surface area contributed by atoms with Crippen molar-refractivity contribution in [3.63, 3.8) is 0 Å². The molecule has 0 saturated carbocycles. The number of nitrogens with zero attached hydrogens (tertiary/aromatic N) is 2. The number of benzene rings is 1. The van der Waals surface area contributed by atoms with E-state index in [9.17, 15) is 13.6 Å². The second kappa shape index (κ2) is 6.62. The van der Waals surface area contributed by atoms with Gasteiger partial charge in [0.1, 0.15) is 5.82 Å². The molecule has 1 N–H and O–H groups in total. The van der Waals surface area contributed by atoms with Crippen LogP contribution >= 0.6 is 0 Å². The summed E-state index contributed by atoms with van der Waals surface area (Å²) >= 11 is 0. The van der Waals surface area contributed by atoms with Crippen LogP contribution in [0.15, 0.2) is 12.1 Å². The Bertz CT molecular complexity index is 655. The molecule has 1 heterocycles. The summed E-state index contributed by atoms with van der Waals surface area (Å²) in [6.07, 6.45) is 1.13. The van der Waals surface area contributed by atoms with Crippen molar-refractivity contribution in [3.8, 4) is 0 Å². The fourth-order valence-electron chi connectivity index (χ4n) is 2.19. The fraction of sp³-hybridized carbons (Fsp3) is 0.429. The van der Waals surface area contributed by atoms with Crippen LogP contribution in [0, 0.1) is 11.6 Å². The minimum Gasteiger partial charge on any atom is -0.481 e. The summed E-state index contributed by atoms with van der Waals surface area (Å²) in [5.74, 6) is -2.29. The monoisotopic (exact) mass is 298 g/mol. The number of halogens is 2. The SMILES string of the molecule is COCCCc1nc2cc(F)c(F)cc2n1CCC(=O)O. The van der Waals surface area contributed by atoms with Gasteiger partial charge >= 0.3 is 5.97 Å². The van der Waals surface area contributed by atoms with Crippen molar-refractivity contribution in [2.75, 3.05) is 13.7 Å². The first kappa shape index (κ1) is 15.4. The maximum absolute atomic E-state index is 13.4. The normalized spacial score (nSPS) is 11.2. The number of aromatic nitrogens is 2. The molecule has 0 saturated heterocycles. The van der Waals surface area contributed by atoms with Gasteiger partial charge < -0.3 is 14.4 Å². The lowest BCUT2D eigenvalue weighted by atomic mass is 10.3. The molecule has 0 fully saturated rings. The third-order valence-electron chi connectivity index (χ3n) is 3.17. The first-order valence-electron chi connectivity index (χ1n) is 6.58. The summed E-state index contributed by atoms with van der Waals surface area (Å²) in [6.45, 7) is 0.698. The average molecular weight is 298 g/mol. The third kappa shape index (κ3) is 3.55. The fourth-order valence-corrected chi connectivity index (χ4v) is 2.19. The maximum atomic E-state index is 13.4. The summed E-state index contributed by atoms with van der Waals surface area (Å²) in [7, 11) is 1.58. The van der Waals surface area contributed by atoms with Gasteiger partial charge in [-0.15, -0.1) is 0 Å². The molecule has 0 spiro atoms. The molecule has 0 unspecified atom stereocenters. The summed E-state index contributed by atoms with van der Waals surface area (Å²) in [6, 6.07) is 2.08. The molecule has 5 nitrogen and oxygen atoms in total. The topological polar surface area (TPSA) is 64.4 Å². The highest BCUT2D eigenvalue weighted by Crippen LogP contribution is 2.21. The molecule has 7 heteroatoms. The standard InChI is InChI=1S/C14H16F2N2O3/c1-21-6-2-3-13-17-11-7-9(15)10(16)8-12(11)18(13)5-4-14(19)20/h7-8H,2-6H2,1H3,(H,19,20). The Morgan fingerprint density at radius 2 is 2.10 bits per heavy atom. The third-order valence-corrected chi connectivity index (χ3v) is 3.17. The molecule has 0 aliphatic rings. The summed E-state index contributed by atoms with van der Waals surface area (Å²) in [4.78, 5) is 15.0. The molecule has 0 radical (unpaired) electrons. The highest BCUT2D eigenvalue weighted by molar-refractivity contribution is 5.76. The molecule has 0 aliphatic carbocycles. The van der Waals surface area contributed by atoms with Gasteiger partial charge in [0.2, 0.25) is 0 Å². The second-order valence-corrected chi connectivity index (χ2v) is 4.67. The van der Waals surface area contributed by atoms with Crippen LogP contribution in [-0.2, 0) is 22.5 Å². The summed E-state index contributed by atoms with van der Waals surface area (Å²) in [5.41, 5.74) is 0.731. The number of imidazole rings is 1. The van der Waals surface area contributed by atoms with E-state index in [1.165, 1.54) is 0 Å². The van der Waals surface area contributed by atoms with E-state index in [1.54, 1.807) is 11.7 Å². The Labute approximate surface area is 120 Å². The van der Waals surface area contributed by atoms with E-state index >= 15 is 0 Å². The van der Waals surface area contributed by atoms with Crippen LogP contribution in [0.5, 0.6) is 0 Å². The van der Waals surface area contributed by atoms with Crippen LogP contribution in [-0.4, -0.2) is 34.3 Å². The smallest absolute Gasteiger partial charge is 0.305 e. The van der Waals surface area contributed by atoms with Gasteiger partial charge in [-0.3, -0.25) is 4.79 Å². The number of carbonyl (C=O) groups is 1. The van der Waals surface area contributed by atoms with Crippen LogP contribution in [0.25, 0.3) is 11.0 Å². The quantitative estimate of drug-likeness (QED) is 0.797. The van der Waals surface area contributed by atoms with Crippen molar-refractivity contribution < 1.29 is 23.4 Å². The Kier molecular flexibility index (Phi) is 4.85. The van der Waals surface area contributed by atoms with Crippen LogP contribution in [0.1, 0.15) is 18.7 Å². The molecular formula is C14H16F2N2O3. The van der Waals surface area contributed by atoms with E-state index in [0.29, 0.717) is 36.3 Å². The van der Waals surface area contributed by atoms with E-state index in [-0.39, 0.29) is 13.0 Å². The number of carboxylic acids is 1. The van der Waals surface area contributed by atoms with Gasteiger partial charge in [0.15, 0.2) is 11.6 Å². The minimum absolute atomic E-state index is 0.109. The highest BCUT2D eigenvalue weighted by atomic mass is 19.2. The number of methoxy groups -OCH3 is 1. The van der Waals surface area contributed by atoms with Gasteiger partial charge in [0.25, 0.3) is 0 Å². The zero-order valence-electron chi connectivity index (χ0n) is 11.6.